The monoisotopic (exact) mass is 403 g/mol. The zero-order valence-corrected chi connectivity index (χ0v) is 17.1. The fourth-order valence-electron chi connectivity index (χ4n) is 4.35. The van der Waals surface area contributed by atoms with Crippen LogP contribution in [0.25, 0.3) is 0 Å². The quantitative estimate of drug-likeness (QED) is 0.678. The van der Waals surface area contributed by atoms with Crippen LogP contribution >= 0.6 is 34.9 Å². The fraction of sp³-hybridized carbons (Fsp3) is 0.474. The zero-order chi connectivity index (χ0) is 17.5. The number of aromatic nitrogens is 3. The topological polar surface area (TPSA) is 27.2 Å². The average molecular weight is 404 g/mol. The lowest BCUT2D eigenvalue weighted by Gasteiger charge is -2.31. The smallest absolute Gasteiger partial charge is 0.202 e. The zero-order valence-electron chi connectivity index (χ0n) is 14.7. The Bertz CT molecular complexity index is 950. The van der Waals surface area contributed by atoms with Crippen LogP contribution in [0.5, 0.6) is 0 Å². The van der Waals surface area contributed by atoms with Gasteiger partial charge in [0.2, 0.25) is 4.77 Å². The lowest BCUT2D eigenvalue weighted by molar-refractivity contribution is -0.950. The highest BCUT2D eigenvalue weighted by Crippen LogP contribution is 2.31. The second-order valence-electron chi connectivity index (χ2n) is 7.22. The highest BCUT2D eigenvalue weighted by molar-refractivity contribution is 7.71. The minimum Gasteiger partial charge on any atom is -0.305 e. The van der Waals surface area contributed by atoms with Gasteiger partial charge >= 0.3 is 0 Å². The molecule has 3 aromatic rings. The second-order valence-corrected chi connectivity index (χ2v) is 9.57. The van der Waals surface area contributed by atoms with Gasteiger partial charge in [-0.3, -0.25) is 0 Å². The van der Waals surface area contributed by atoms with Crippen LogP contribution < -0.4 is 4.90 Å². The molecule has 0 radical (unpaired) electrons. The van der Waals surface area contributed by atoms with Crippen LogP contribution in [0.15, 0.2) is 29.0 Å². The Morgan fingerprint density at radius 3 is 3.00 bits per heavy atom. The third-order valence-corrected chi connectivity index (χ3v) is 8.00. The molecule has 1 unspecified atom stereocenters. The van der Waals surface area contributed by atoms with Gasteiger partial charge in [0.15, 0.2) is 12.7 Å². The molecule has 2 aliphatic heterocycles. The molecule has 0 saturated heterocycles. The number of hydrogen-bond acceptors (Lipinski definition) is 4. The SMILES string of the molecule is S=c1n(C[NH+]2CCc3sccc3[C@@H]2c2cccs2)nc2n1CCCCC2. The van der Waals surface area contributed by atoms with Gasteiger partial charge in [0, 0.05) is 29.8 Å². The first-order valence-corrected chi connectivity index (χ1v) is 11.6. The number of fused-ring (bicyclic) bond motifs is 2. The van der Waals surface area contributed by atoms with Crippen LogP contribution in [-0.4, -0.2) is 20.9 Å². The van der Waals surface area contributed by atoms with Gasteiger partial charge in [0.1, 0.15) is 5.82 Å². The van der Waals surface area contributed by atoms with Crippen molar-refractivity contribution in [3.05, 3.63) is 54.9 Å². The molecule has 0 aliphatic carbocycles. The van der Waals surface area contributed by atoms with Gasteiger partial charge in [-0.15, -0.1) is 22.7 Å². The van der Waals surface area contributed by atoms with Crippen molar-refractivity contribution in [2.75, 3.05) is 6.54 Å². The average Bonchev–Trinajstić information content (AvgIpc) is 3.35. The largest absolute Gasteiger partial charge is 0.305 e. The van der Waals surface area contributed by atoms with Gasteiger partial charge in [0.25, 0.3) is 0 Å². The Morgan fingerprint density at radius 1 is 1.15 bits per heavy atom. The molecule has 0 fully saturated rings. The van der Waals surface area contributed by atoms with Crippen molar-refractivity contribution in [1.82, 2.24) is 14.3 Å². The molecule has 5 heterocycles. The summed E-state index contributed by atoms with van der Waals surface area (Å²) < 4.78 is 5.29. The molecule has 2 aliphatic rings. The Hall–Kier alpha value is -1.28. The van der Waals surface area contributed by atoms with Gasteiger partial charge in [0.05, 0.1) is 11.4 Å². The van der Waals surface area contributed by atoms with E-state index < -0.39 is 0 Å². The highest BCUT2D eigenvalue weighted by Gasteiger charge is 2.34. The molecule has 136 valence electrons. The highest BCUT2D eigenvalue weighted by atomic mass is 32.1. The first-order valence-electron chi connectivity index (χ1n) is 9.42. The maximum absolute atomic E-state index is 5.80. The third kappa shape index (κ3) is 2.91. The molecular formula is C19H23N4S3+. The lowest BCUT2D eigenvalue weighted by Crippen LogP contribution is -3.12. The van der Waals surface area contributed by atoms with E-state index in [0.29, 0.717) is 6.04 Å². The van der Waals surface area contributed by atoms with Crippen LogP contribution in [0, 0.1) is 4.77 Å². The fourth-order valence-corrected chi connectivity index (χ4v) is 6.47. The lowest BCUT2D eigenvalue weighted by atomic mass is 9.99. The summed E-state index contributed by atoms with van der Waals surface area (Å²) in [7, 11) is 0. The molecule has 4 nitrogen and oxygen atoms in total. The number of quaternary nitrogens is 1. The van der Waals surface area contributed by atoms with Crippen LogP contribution in [0.1, 0.15) is 46.4 Å². The summed E-state index contributed by atoms with van der Waals surface area (Å²) in [5, 5.41) is 9.37. The number of thiophene rings is 2. The van der Waals surface area contributed by atoms with E-state index in [9.17, 15) is 0 Å². The number of aryl methyl sites for hydroxylation is 1. The number of hydrogen-bond donors (Lipinski definition) is 1. The molecule has 1 N–H and O–H groups in total. The normalized spacial score (nSPS) is 22.6. The van der Waals surface area contributed by atoms with E-state index in [1.807, 2.05) is 22.7 Å². The minimum atomic E-state index is 0.411. The van der Waals surface area contributed by atoms with E-state index in [2.05, 4.69) is 38.2 Å². The molecule has 0 spiro atoms. The minimum absolute atomic E-state index is 0.411. The standard InChI is InChI=1S/C19H22N4S3/c24-19-22-9-3-1-2-6-17(22)20-23(19)13-21-10-7-15-14(8-12-26-15)18(21)16-5-4-11-25-16/h4-5,8,11-12,18H,1-3,6-7,9-10,13H2/p+1/t18-/m1/s1. The molecule has 2 atom stereocenters. The number of nitrogens with zero attached hydrogens (tertiary/aromatic N) is 3. The van der Waals surface area contributed by atoms with E-state index in [0.717, 1.165) is 37.4 Å². The van der Waals surface area contributed by atoms with Gasteiger partial charge in [-0.05, 0) is 48.0 Å². The van der Waals surface area contributed by atoms with Gasteiger partial charge in [-0.2, -0.15) is 9.78 Å². The second kappa shape index (κ2) is 7.03. The molecule has 5 rings (SSSR count). The van der Waals surface area contributed by atoms with Crippen LogP contribution in [0.3, 0.4) is 0 Å². The van der Waals surface area contributed by atoms with Crippen molar-refractivity contribution in [2.45, 2.75) is 51.4 Å². The van der Waals surface area contributed by atoms with E-state index in [4.69, 9.17) is 17.3 Å². The Morgan fingerprint density at radius 2 is 2.12 bits per heavy atom. The van der Waals surface area contributed by atoms with E-state index in [1.54, 1.807) is 9.78 Å². The maximum atomic E-state index is 5.80. The summed E-state index contributed by atoms with van der Waals surface area (Å²) in [6, 6.07) is 7.19. The Labute approximate surface area is 166 Å². The van der Waals surface area contributed by atoms with Crippen molar-refractivity contribution in [3.8, 4) is 0 Å². The van der Waals surface area contributed by atoms with Gasteiger partial charge < -0.3 is 9.47 Å². The predicted octanol–water partition coefficient (Wildman–Crippen LogP) is 3.45. The van der Waals surface area contributed by atoms with Gasteiger partial charge in [-0.25, -0.2) is 0 Å². The van der Waals surface area contributed by atoms with Crippen molar-refractivity contribution < 1.29 is 4.90 Å². The van der Waals surface area contributed by atoms with E-state index in [1.165, 1.54) is 35.5 Å². The van der Waals surface area contributed by atoms with Crippen molar-refractivity contribution in [2.24, 2.45) is 0 Å². The molecular weight excluding hydrogens is 380 g/mol. The number of rotatable bonds is 3. The summed E-state index contributed by atoms with van der Waals surface area (Å²) >= 11 is 9.57. The Kier molecular flexibility index (Phi) is 4.56. The molecule has 0 amide bonds. The van der Waals surface area contributed by atoms with Crippen molar-refractivity contribution >= 4 is 34.9 Å². The number of nitrogens with one attached hydrogen (secondary N) is 1. The first kappa shape index (κ1) is 16.9. The summed E-state index contributed by atoms with van der Waals surface area (Å²) in [5.41, 5.74) is 1.51. The van der Waals surface area contributed by atoms with Crippen LogP contribution in [0.4, 0.5) is 0 Å². The summed E-state index contributed by atoms with van der Waals surface area (Å²) in [4.78, 5) is 4.56. The third-order valence-electron chi connectivity index (χ3n) is 5.63. The maximum Gasteiger partial charge on any atom is 0.202 e. The van der Waals surface area contributed by atoms with Crippen molar-refractivity contribution in [1.29, 1.82) is 0 Å². The van der Waals surface area contributed by atoms with Crippen LogP contribution in [-0.2, 0) is 26.1 Å². The van der Waals surface area contributed by atoms with Crippen LogP contribution in [0.2, 0.25) is 0 Å². The molecule has 0 saturated carbocycles. The summed E-state index contributed by atoms with van der Waals surface area (Å²) in [5.74, 6) is 1.19. The molecule has 7 heteroatoms. The first-order chi connectivity index (χ1) is 12.8. The Balaban J connectivity index is 1.49. The van der Waals surface area contributed by atoms with Crippen molar-refractivity contribution in [3.63, 3.8) is 0 Å². The predicted molar refractivity (Wildman–Crippen MR) is 109 cm³/mol. The molecule has 26 heavy (non-hydrogen) atoms. The summed E-state index contributed by atoms with van der Waals surface area (Å²) in [6.07, 6.45) is 5.97. The molecule has 0 aromatic carbocycles. The molecule has 0 bridgehead atoms. The summed E-state index contributed by atoms with van der Waals surface area (Å²) in [6.45, 7) is 3.03. The van der Waals surface area contributed by atoms with E-state index >= 15 is 0 Å². The van der Waals surface area contributed by atoms with E-state index in [-0.39, 0.29) is 0 Å². The van der Waals surface area contributed by atoms with Gasteiger partial charge in [-0.1, -0.05) is 12.5 Å². The molecule has 3 aromatic heterocycles.